The molecule has 0 radical (unpaired) electrons. The zero-order valence-corrected chi connectivity index (χ0v) is 13.9. The molecule has 0 saturated carbocycles. The molecule has 9 heteroatoms. The van der Waals surface area contributed by atoms with Crippen LogP contribution in [0.2, 0.25) is 0 Å². The summed E-state index contributed by atoms with van der Waals surface area (Å²) in [5, 5.41) is 3.56. The number of rotatable bonds is 6. The van der Waals surface area contributed by atoms with Crippen LogP contribution in [0.5, 0.6) is 11.6 Å². The van der Waals surface area contributed by atoms with Crippen molar-refractivity contribution in [2.75, 3.05) is 20.4 Å². The van der Waals surface area contributed by atoms with E-state index in [4.69, 9.17) is 15.2 Å². The lowest BCUT2D eigenvalue weighted by molar-refractivity contribution is -0.130. The summed E-state index contributed by atoms with van der Waals surface area (Å²) in [6.45, 7) is -1.46. The van der Waals surface area contributed by atoms with E-state index in [-0.39, 0.29) is 30.2 Å². The smallest absolute Gasteiger partial charge is 0.260 e. The van der Waals surface area contributed by atoms with Crippen molar-refractivity contribution in [3.05, 3.63) is 30.0 Å². The van der Waals surface area contributed by atoms with Crippen LogP contribution in [0, 0.1) is 0 Å². The average molecular weight is 365 g/mol. The number of methoxy groups -OCH3 is 1. The molecule has 0 bridgehead atoms. The van der Waals surface area contributed by atoms with E-state index in [1.54, 1.807) is 18.2 Å². The van der Waals surface area contributed by atoms with Gasteiger partial charge in [0.05, 0.1) is 18.7 Å². The van der Waals surface area contributed by atoms with E-state index in [9.17, 15) is 18.4 Å². The van der Waals surface area contributed by atoms with Gasteiger partial charge in [0.25, 0.3) is 11.8 Å². The minimum Gasteiger partial charge on any atom is -0.496 e. The van der Waals surface area contributed by atoms with Crippen LogP contribution in [0.4, 0.5) is 8.78 Å². The third-order valence-corrected chi connectivity index (χ3v) is 4.26. The highest BCUT2D eigenvalue weighted by Crippen LogP contribution is 2.31. The van der Waals surface area contributed by atoms with Crippen molar-refractivity contribution in [1.82, 2.24) is 10.3 Å². The monoisotopic (exact) mass is 365 g/mol. The summed E-state index contributed by atoms with van der Waals surface area (Å²) in [4.78, 5) is 27.1. The third-order valence-electron chi connectivity index (χ3n) is 4.26. The van der Waals surface area contributed by atoms with E-state index < -0.39 is 30.2 Å². The number of nitrogens with zero attached hydrogens (tertiary/aromatic N) is 1. The van der Waals surface area contributed by atoms with Gasteiger partial charge in [-0.25, -0.2) is 13.8 Å². The van der Waals surface area contributed by atoms with Crippen molar-refractivity contribution in [2.24, 2.45) is 5.73 Å². The molecule has 1 fully saturated rings. The Balaban J connectivity index is 1.85. The number of fused-ring (bicyclic) bond motifs is 1. The second kappa shape index (κ2) is 6.74. The summed E-state index contributed by atoms with van der Waals surface area (Å²) in [5.74, 6) is -1.14. The number of carbonyl (C=O) groups excluding carboxylic acids is 2. The van der Waals surface area contributed by atoms with E-state index >= 15 is 0 Å². The molecule has 1 unspecified atom stereocenters. The highest BCUT2D eigenvalue weighted by Gasteiger charge is 2.48. The standard InChI is InChI=1S/C17H17F2N3O4/c1-25-13-5-11-9(4-12(13)14(20)23)2-3-21-15(11)26-7-10-6-17(19,8-18)16(24)22-10/h2-5,10H,6-8H2,1H3,(H2,20,23)(H,22,24)/t10?,17-/m0/s1. The quantitative estimate of drug-likeness (QED) is 0.803. The van der Waals surface area contributed by atoms with Crippen LogP contribution >= 0.6 is 0 Å². The van der Waals surface area contributed by atoms with Crippen molar-refractivity contribution in [3.8, 4) is 11.6 Å². The summed E-state index contributed by atoms with van der Waals surface area (Å²) >= 11 is 0. The van der Waals surface area contributed by atoms with Gasteiger partial charge in [-0.05, 0) is 23.6 Å². The predicted molar refractivity (Wildman–Crippen MR) is 88.7 cm³/mol. The van der Waals surface area contributed by atoms with Gasteiger partial charge < -0.3 is 20.5 Å². The number of pyridine rings is 1. The van der Waals surface area contributed by atoms with Crippen molar-refractivity contribution in [3.63, 3.8) is 0 Å². The first-order valence-corrected chi connectivity index (χ1v) is 7.83. The van der Waals surface area contributed by atoms with E-state index in [2.05, 4.69) is 10.3 Å². The van der Waals surface area contributed by atoms with Crippen molar-refractivity contribution >= 4 is 22.6 Å². The lowest BCUT2D eigenvalue weighted by Crippen LogP contribution is -2.36. The highest BCUT2D eigenvalue weighted by atomic mass is 19.2. The van der Waals surface area contributed by atoms with Gasteiger partial charge in [-0.15, -0.1) is 0 Å². The molecule has 2 amide bonds. The molecule has 0 aliphatic carbocycles. The Morgan fingerprint density at radius 2 is 2.27 bits per heavy atom. The van der Waals surface area contributed by atoms with E-state index in [0.717, 1.165) is 0 Å². The highest BCUT2D eigenvalue weighted by molar-refractivity contribution is 6.01. The number of halogens is 2. The lowest BCUT2D eigenvalue weighted by Gasteiger charge is -2.14. The number of benzene rings is 1. The Hall–Kier alpha value is -2.97. The van der Waals surface area contributed by atoms with Crippen LogP contribution < -0.4 is 20.5 Å². The molecule has 2 atom stereocenters. The molecule has 1 aliphatic heterocycles. The van der Waals surface area contributed by atoms with Gasteiger partial charge in [0, 0.05) is 18.0 Å². The van der Waals surface area contributed by atoms with Crippen LogP contribution in [0.1, 0.15) is 16.8 Å². The molecule has 3 rings (SSSR count). The van der Waals surface area contributed by atoms with Crippen LogP contribution in [0.15, 0.2) is 24.4 Å². The van der Waals surface area contributed by atoms with E-state index in [0.29, 0.717) is 10.8 Å². The third kappa shape index (κ3) is 3.12. The second-order valence-corrected chi connectivity index (χ2v) is 6.04. The molecule has 2 aromatic rings. The summed E-state index contributed by atoms with van der Waals surface area (Å²) in [6, 6.07) is 4.11. The fourth-order valence-electron chi connectivity index (χ4n) is 2.90. The summed E-state index contributed by atoms with van der Waals surface area (Å²) < 4.78 is 37.5. The van der Waals surface area contributed by atoms with Gasteiger partial charge in [-0.2, -0.15) is 0 Å². The van der Waals surface area contributed by atoms with E-state index in [1.165, 1.54) is 13.3 Å². The maximum Gasteiger partial charge on any atom is 0.260 e. The first-order valence-electron chi connectivity index (χ1n) is 7.83. The second-order valence-electron chi connectivity index (χ2n) is 6.04. The molecule has 3 N–H and O–H groups in total. The SMILES string of the molecule is COc1cc2c(OCC3C[C@](F)(CF)C(=O)N3)nccc2cc1C(N)=O. The maximum atomic E-state index is 14.0. The molecule has 26 heavy (non-hydrogen) atoms. The van der Waals surface area contributed by atoms with Crippen LogP contribution in [0.3, 0.4) is 0 Å². The van der Waals surface area contributed by atoms with Gasteiger partial charge >= 0.3 is 0 Å². The average Bonchev–Trinajstić information content (AvgIpc) is 2.93. The number of nitrogens with one attached hydrogen (secondary N) is 1. The summed E-state index contributed by atoms with van der Waals surface area (Å²) in [5.41, 5.74) is 3.04. The largest absolute Gasteiger partial charge is 0.496 e. The first kappa shape index (κ1) is 17.8. The Labute approximate surface area is 147 Å². The number of aromatic nitrogens is 1. The number of hydrogen-bond acceptors (Lipinski definition) is 5. The van der Waals surface area contributed by atoms with Crippen molar-refractivity contribution < 1.29 is 27.8 Å². The van der Waals surface area contributed by atoms with Crippen molar-refractivity contribution in [1.29, 1.82) is 0 Å². The number of primary amides is 1. The van der Waals surface area contributed by atoms with E-state index in [1.807, 2.05) is 0 Å². The Morgan fingerprint density at radius 1 is 1.50 bits per heavy atom. The fourth-order valence-corrected chi connectivity index (χ4v) is 2.90. The lowest BCUT2D eigenvalue weighted by atomic mass is 10.0. The molecule has 1 aromatic heterocycles. The Kier molecular flexibility index (Phi) is 4.62. The van der Waals surface area contributed by atoms with Gasteiger partial charge in [0.1, 0.15) is 19.0 Å². The molecule has 2 heterocycles. The molecule has 138 valence electrons. The number of amides is 2. The molecule has 7 nitrogen and oxygen atoms in total. The van der Waals surface area contributed by atoms with Gasteiger partial charge in [0.15, 0.2) is 0 Å². The molecule has 1 aromatic carbocycles. The topological polar surface area (TPSA) is 104 Å². The summed E-state index contributed by atoms with van der Waals surface area (Å²) in [7, 11) is 1.40. The fraction of sp³-hybridized carbons (Fsp3) is 0.353. The minimum atomic E-state index is -2.51. The Bertz CT molecular complexity index is 876. The van der Waals surface area contributed by atoms with Crippen LogP contribution in [0.25, 0.3) is 10.8 Å². The maximum absolute atomic E-state index is 14.0. The molecular weight excluding hydrogens is 348 g/mol. The van der Waals surface area contributed by atoms with Crippen molar-refractivity contribution in [2.45, 2.75) is 18.1 Å². The van der Waals surface area contributed by atoms with Crippen LogP contribution in [-0.4, -0.2) is 48.9 Å². The van der Waals surface area contributed by atoms with Gasteiger partial charge in [-0.3, -0.25) is 9.59 Å². The number of alkyl halides is 2. The first-order chi connectivity index (χ1) is 12.4. The normalized spacial score (nSPS) is 22.3. The number of carbonyl (C=O) groups is 2. The number of hydrogen-bond donors (Lipinski definition) is 2. The molecule has 1 aliphatic rings. The Morgan fingerprint density at radius 3 is 2.88 bits per heavy atom. The minimum absolute atomic E-state index is 0.0800. The predicted octanol–water partition coefficient (Wildman–Crippen LogP) is 1.29. The number of ether oxygens (including phenoxy) is 2. The zero-order chi connectivity index (χ0) is 18.9. The van der Waals surface area contributed by atoms with Gasteiger partial charge in [-0.1, -0.05) is 0 Å². The molecular formula is C17H17F2N3O4. The van der Waals surface area contributed by atoms with Crippen LogP contribution in [-0.2, 0) is 4.79 Å². The zero-order valence-electron chi connectivity index (χ0n) is 13.9. The summed E-state index contributed by atoms with van der Waals surface area (Å²) in [6.07, 6.45) is 1.16. The molecule has 0 spiro atoms. The molecule has 1 saturated heterocycles. The van der Waals surface area contributed by atoms with Gasteiger partial charge in [0.2, 0.25) is 11.5 Å². The number of nitrogens with two attached hydrogens (primary N) is 1.